The number of anilines is 1. The van der Waals surface area contributed by atoms with Crippen LogP contribution in [-0.2, 0) is 0 Å². The predicted octanol–water partition coefficient (Wildman–Crippen LogP) is 4.79. The second kappa shape index (κ2) is 5.34. The molecule has 1 unspecified atom stereocenters. The summed E-state index contributed by atoms with van der Waals surface area (Å²) >= 11 is 1.92. The van der Waals surface area contributed by atoms with E-state index < -0.39 is 0 Å². The van der Waals surface area contributed by atoms with Gasteiger partial charge in [-0.1, -0.05) is 32.9 Å². The molecule has 1 aromatic rings. The molecule has 94 valence electrons. The van der Waals surface area contributed by atoms with E-state index in [0.717, 1.165) is 5.75 Å². The molecule has 0 spiro atoms. The standard InChI is InChI=1S/C15H23NS/c1-4-17-14-8-6-5-7-13(14)16-12-9-10-15(2,3)11-12/h5-8,12,16H,4,9-11H2,1-3H3. The summed E-state index contributed by atoms with van der Waals surface area (Å²) in [6.07, 6.45) is 3.93. The minimum Gasteiger partial charge on any atom is -0.381 e. The lowest BCUT2D eigenvalue weighted by Gasteiger charge is -2.20. The first-order valence-electron chi connectivity index (χ1n) is 6.59. The van der Waals surface area contributed by atoms with Gasteiger partial charge in [0.1, 0.15) is 0 Å². The van der Waals surface area contributed by atoms with Crippen molar-refractivity contribution in [1.82, 2.24) is 0 Å². The van der Waals surface area contributed by atoms with Gasteiger partial charge in [0, 0.05) is 16.6 Å². The molecule has 1 fully saturated rings. The normalized spacial score (nSPS) is 22.6. The van der Waals surface area contributed by atoms with Crippen molar-refractivity contribution in [2.75, 3.05) is 11.1 Å². The highest BCUT2D eigenvalue weighted by Gasteiger charge is 2.30. The predicted molar refractivity (Wildman–Crippen MR) is 77.9 cm³/mol. The smallest absolute Gasteiger partial charge is 0.0480 e. The number of benzene rings is 1. The zero-order chi connectivity index (χ0) is 12.3. The molecule has 0 radical (unpaired) electrons. The van der Waals surface area contributed by atoms with Crippen molar-refractivity contribution < 1.29 is 0 Å². The minimum absolute atomic E-state index is 0.518. The van der Waals surface area contributed by atoms with Crippen LogP contribution in [-0.4, -0.2) is 11.8 Å². The molecule has 1 saturated carbocycles. The molecule has 1 nitrogen and oxygen atoms in total. The van der Waals surface area contributed by atoms with E-state index in [1.165, 1.54) is 29.8 Å². The number of para-hydroxylation sites is 1. The molecule has 0 bridgehead atoms. The second-order valence-electron chi connectivity index (χ2n) is 5.68. The first kappa shape index (κ1) is 12.8. The lowest BCUT2D eigenvalue weighted by molar-refractivity contribution is 0.378. The first-order valence-corrected chi connectivity index (χ1v) is 7.58. The molecule has 0 aliphatic heterocycles. The molecular weight excluding hydrogens is 226 g/mol. The van der Waals surface area contributed by atoms with Gasteiger partial charge < -0.3 is 5.32 Å². The van der Waals surface area contributed by atoms with Crippen LogP contribution in [0.4, 0.5) is 5.69 Å². The summed E-state index contributed by atoms with van der Waals surface area (Å²) in [7, 11) is 0. The second-order valence-corrected chi connectivity index (χ2v) is 6.98. The zero-order valence-corrected chi connectivity index (χ0v) is 11.9. The van der Waals surface area contributed by atoms with Crippen LogP contribution >= 0.6 is 11.8 Å². The van der Waals surface area contributed by atoms with Gasteiger partial charge in [-0.05, 0) is 42.6 Å². The van der Waals surface area contributed by atoms with E-state index in [1.54, 1.807) is 0 Å². The number of nitrogens with one attached hydrogen (secondary N) is 1. The molecule has 17 heavy (non-hydrogen) atoms. The van der Waals surface area contributed by atoms with E-state index >= 15 is 0 Å². The van der Waals surface area contributed by atoms with Crippen molar-refractivity contribution in [2.45, 2.75) is 51.0 Å². The third kappa shape index (κ3) is 3.41. The van der Waals surface area contributed by atoms with Crippen molar-refractivity contribution in [2.24, 2.45) is 5.41 Å². The number of thioether (sulfide) groups is 1. The molecule has 1 aromatic carbocycles. The maximum absolute atomic E-state index is 3.73. The molecule has 1 atom stereocenters. The van der Waals surface area contributed by atoms with Gasteiger partial charge in [0.15, 0.2) is 0 Å². The van der Waals surface area contributed by atoms with Crippen LogP contribution in [0.5, 0.6) is 0 Å². The van der Waals surface area contributed by atoms with Crippen LogP contribution in [0.2, 0.25) is 0 Å². The third-order valence-corrected chi connectivity index (χ3v) is 4.47. The zero-order valence-electron chi connectivity index (χ0n) is 11.1. The fourth-order valence-corrected chi connectivity index (χ4v) is 3.41. The van der Waals surface area contributed by atoms with Gasteiger partial charge in [-0.25, -0.2) is 0 Å². The van der Waals surface area contributed by atoms with Gasteiger partial charge in [-0.15, -0.1) is 11.8 Å². The SMILES string of the molecule is CCSc1ccccc1NC1CCC(C)(C)C1. The van der Waals surface area contributed by atoms with Crippen LogP contribution < -0.4 is 5.32 Å². The average molecular weight is 249 g/mol. The van der Waals surface area contributed by atoms with Gasteiger partial charge in [-0.2, -0.15) is 0 Å². The molecular formula is C15H23NS. The maximum Gasteiger partial charge on any atom is 0.0480 e. The van der Waals surface area contributed by atoms with Crippen LogP contribution in [0.15, 0.2) is 29.2 Å². The maximum atomic E-state index is 3.73. The van der Waals surface area contributed by atoms with Crippen molar-refractivity contribution in [3.05, 3.63) is 24.3 Å². The van der Waals surface area contributed by atoms with E-state index in [1.807, 2.05) is 11.8 Å². The van der Waals surface area contributed by atoms with Gasteiger partial charge in [0.05, 0.1) is 0 Å². The first-order chi connectivity index (χ1) is 8.11. The van der Waals surface area contributed by atoms with E-state index in [-0.39, 0.29) is 0 Å². The van der Waals surface area contributed by atoms with Crippen LogP contribution in [0.3, 0.4) is 0 Å². The molecule has 1 aliphatic rings. The Morgan fingerprint density at radius 1 is 1.35 bits per heavy atom. The molecule has 0 saturated heterocycles. The summed E-state index contributed by atoms with van der Waals surface area (Å²) < 4.78 is 0. The monoisotopic (exact) mass is 249 g/mol. The van der Waals surface area contributed by atoms with Gasteiger partial charge in [0.2, 0.25) is 0 Å². The highest BCUT2D eigenvalue weighted by Crippen LogP contribution is 2.39. The number of hydrogen-bond donors (Lipinski definition) is 1. The molecule has 2 heteroatoms. The Kier molecular flexibility index (Phi) is 4.03. The quantitative estimate of drug-likeness (QED) is 0.770. The highest BCUT2D eigenvalue weighted by atomic mass is 32.2. The lowest BCUT2D eigenvalue weighted by atomic mass is 9.92. The molecule has 0 amide bonds. The fourth-order valence-electron chi connectivity index (χ4n) is 2.65. The lowest BCUT2D eigenvalue weighted by Crippen LogP contribution is -2.17. The summed E-state index contributed by atoms with van der Waals surface area (Å²) in [5, 5.41) is 3.73. The van der Waals surface area contributed by atoms with E-state index in [4.69, 9.17) is 0 Å². The molecule has 0 heterocycles. The van der Waals surface area contributed by atoms with Gasteiger partial charge in [-0.3, -0.25) is 0 Å². The molecule has 0 aromatic heterocycles. The van der Waals surface area contributed by atoms with Gasteiger partial charge >= 0.3 is 0 Å². The Hall–Kier alpha value is -0.630. The Bertz CT molecular complexity index is 373. The van der Waals surface area contributed by atoms with Crippen molar-refractivity contribution in [3.8, 4) is 0 Å². The Balaban J connectivity index is 2.03. The molecule has 2 rings (SSSR count). The fraction of sp³-hybridized carbons (Fsp3) is 0.600. The molecule has 1 aliphatic carbocycles. The van der Waals surface area contributed by atoms with Crippen LogP contribution in [0.25, 0.3) is 0 Å². The highest BCUT2D eigenvalue weighted by molar-refractivity contribution is 7.99. The van der Waals surface area contributed by atoms with E-state index in [0.29, 0.717) is 11.5 Å². The molecule has 1 N–H and O–H groups in total. The summed E-state index contributed by atoms with van der Waals surface area (Å²) in [4.78, 5) is 1.39. The van der Waals surface area contributed by atoms with Crippen molar-refractivity contribution in [1.29, 1.82) is 0 Å². The number of rotatable bonds is 4. The Morgan fingerprint density at radius 2 is 2.12 bits per heavy atom. The summed E-state index contributed by atoms with van der Waals surface area (Å²) in [5.41, 5.74) is 1.84. The van der Waals surface area contributed by atoms with Crippen molar-refractivity contribution in [3.63, 3.8) is 0 Å². The number of hydrogen-bond acceptors (Lipinski definition) is 2. The Morgan fingerprint density at radius 3 is 2.76 bits per heavy atom. The average Bonchev–Trinajstić information content (AvgIpc) is 2.61. The van der Waals surface area contributed by atoms with E-state index in [9.17, 15) is 0 Å². The summed E-state index contributed by atoms with van der Waals surface area (Å²) in [6, 6.07) is 9.34. The topological polar surface area (TPSA) is 12.0 Å². The van der Waals surface area contributed by atoms with Crippen LogP contribution in [0.1, 0.15) is 40.0 Å². The van der Waals surface area contributed by atoms with E-state index in [2.05, 4.69) is 50.4 Å². The summed E-state index contributed by atoms with van der Waals surface area (Å²) in [6.45, 7) is 6.96. The largest absolute Gasteiger partial charge is 0.381 e. The van der Waals surface area contributed by atoms with Gasteiger partial charge in [0.25, 0.3) is 0 Å². The Labute approximate surface area is 109 Å². The minimum atomic E-state index is 0.518. The third-order valence-electron chi connectivity index (χ3n) is 3.52. The summed E-state index contributed by atoms with van der Waals surface area (Å²) in [5.74, 6) is 1.13. The van der Waals surface area contributed by atoms with Crippen LogP contribution in [0, 0.1) is 5.41 Å². The van der Waals surface area contributed by atoms with Crippen molar-refractivity contribution >= 4 is 17.4 Å².